The molecule has 4 N–H and O–H groups in total. The van der Waals surface area contributed by atoms with Crippen molar-refractivity contribution in [1.82, 2.24) is 0 Å². The summed E-state index contributed by atoms with van der Waals surface area (Å²) >= 11 is 0. The van der Waals surface area contributed by atoms with Gasteiger partial charge in [0, 0.05) is 13.3 Å². The summed E-state index contributed by atoms with van der Waals surface area (Å²) in [5.74, 6) is -2.40. The number of ether oxygens (including phenoxy) is 2. The number of carbonyl (C=O) groups excluding carboxylic acids is 1. The second kappa shape index (κ2) is 5.28. The number of rotatable bonds is 3. The van der Waals surface area contributed by atoms with Crippen molar-refractivity contribution >= 4 is 5.97 Å². The summed E-state index contributed by atoms with van der Waals surface area (Å²) in [5.41, 5.74) is 0. The molecule has 0 bridgehead atoms. The van der Waals surface area contributed by atoms with Crippen molar-refractivity contribution in [2.45, 2.75) is 50.5 Å². The molecular formula is C10H18O7. The first-order valence-electron chi connectivity index (χ1n) is 5.40. The maximum atomic E-state index is 11.2. The zero-order chi connectivity index (χ0) is 13.2. The summed E-state index contributed by atoms with van der Waals surface area (Å²) in [6.45, 7) is 2.27. The molecule has 0 aromatic rings. The Hall–Kier alpha value is -0.730. The lowest BCUT2D eigenvalue weighted by Crippen LogP contribution is -2.65. The predicted octanol–water partition coefficient (Wildman–Crippen LogP) is -1.87. The highest BCUT2D eigenvalue weighted by Crippen LogP contribution is 2.31. The molecule has 0 radical (unpaired) electrons. The molecule has 1 rings (SSSR count). The molecule has 0 amide bonds. The second-order valence-electron chi connectivity index (χ2n) is 4.11. The Bertz CT molecular complexity index is 280. The molecule has 1 fully saturated rings. The van der Waals surface area contributed by atoms with Crippen molar-refractivity contribution in [3.8, 4) is 0 Å². The van der Waals surface area contributed by atoms with E-state index in [1.54, 1.807) is 6.92 Å². The van der Waals surface area contributed by atoms with Crippen LogP contribution in [0.15, 0.2) is 0 Å². The first kappa shape index (κ1) is 14.3. The van der Waals surface area contributed by atoms with E-state index in [4.69, 9.17) is 14.6 Å². The molecule has 5 unspecified atom stereocenters. The Morgan fingerprint density at radius 3 is 2.41 bits per heavy atom. The van der Waals surface area contributed by atoms with Gasteiger partial charge in [-0.25, -0.2) is 0 Å². The molecule has 1 saturated heterocycles. The smallest absolute Gasteiger partial charge is 0.308 e. The summed E-state index contributed by atoms with van der Waals surface area (Å²) in [6, 6.07) is 0. The van der Waals surface area contributed by atoms with Crippen LogP contribution in [-0.4, -0.2) is 63.2 Å². The van der Waals surface area contributed by atoms with Crippen LogP contribution < -0.4 is 0 Å². The molecule has 7 heteroatoms. The number of hydrogen-bond acceptors (Lipinski definition) is 7. The molecule has 7 nitrogen and oxygen atoms in total. The van der Waals surface area contributed by atoms with Crippen LogP contribution in [0.4, 0.5) is 0 Å². The second-order valence-corrected chi connectivity index (χ2v) is 4.11. The largest absolute Gasteiger partial charge is 0.430 e. The van der Waals surface area contributed by atoms with Crippen molar-refractivity contribution < 1.29 is 34.7 Å². The molecule has 0 aliphatic carbocycles. The van der Waals surface area contributed by atoms with Crippen LogP contribution in [0.2, 0.25) is 0 Å². The van der Waals surface area contributed by atoms with Gasteiger partial charge in [0.15, 0.2) is 0 Å². The van der Waals surface area contributed by atoms with Gasteiger partial charge in [0.2, 0.25) is 5.79 Å². The summed E-state index contributed by atoms with van der Waals surface area (Å²) in [5, 5.41) is 37.8. The first-order valence-corrected chi connectivity index (χ1v) is 5.40. The molecule has 17 heavy (non-hydrogen) atoms. The highest BCUT2D eigenvalue weighted by atomic mass is 16.7. The maximum absolute atomic E-state index is 11.2. The van der Waals surface area contributed by atoms with Gasteiger partial charge in [-0.1, -0.05) is 6.92 Å². The van der Waals surface area contributed by atoms with E-state index in [-0.39, 0.29) is 6.42 Å². The van der Waals surface area contributed by atoms with E-state index >= 15 is 0 Å². The predicted molar refractivity (Wildman–Crippen MR) is 54.8 cm³/mol. The number of aliphatic hydroxyl groups excluding tert-OH is 4. The van der Waals surface area contributed by atoms with Crippen molar-refractivity contribution in [1.29, 1.82) is 0 Å². The highest BCUT2D eigenvalue weighted by molar-refractivity contribution is 5.69. The minimum absolute atomic E-state index is 0.0775. The Kier molecular flexibility index (Phi) is 4.45. The average molecular weight is 250 g/mol. The van der Waals surface area contributed by atoms with E-state index in [1.165, 1.54) is 6.92 Å². The van der Waals surface area contributed by atoms with Crippen LogP contribution in [0.3, 0.4) is 0 Å². The van der Waals surface area contributed by atoms with Gasteiger partial charge in [0.1, 0.15) is 24.4 Å². The van der Waals surface area contributed by atoms with Crippen LogP contribution in [0.1, 0.15) is 20.3 Å². The van der Waals surface area contributed by atoms with Gasteiger partial charge in [-0.3, -0.25) is 4.79 Å². The Morgan fingerprint density at radius 1 is 1.35 bits per heavy atom. The third-order valence-electron chi connectivity index (χ3n) is 2.76. The quantitative estimate of drug-likeness (QED) is 0.433. The Balaban J connectivity index is 2.86. The van der Waals surface area contributed by atoms with Crippen molar-refractivity contribution in [3.63, 3.8) is 0 Å². The SMILES string of the molecule is CCC(=O)OC1(C)OC(CO)C(O)C(O)C1O. The van der Waals surface area contributed by atoms with Gasteiger partial charge < -0.3 is 29.9 Å². The lowest BCUT2D eigenvalue weighted by Gasteiger charge is -2.45. The Labute approximate surface area is 98.6 Å². The molecular weight excluding hydrogens is 232 g/mol. The summed E-state index contributed by atoms with van der Waals surface area (Å²) in [6.07, 6.45) is -5.63. The summed E-state index contributed by atoms with van der Waals surface area (Å²) in [7, 11) is 0. The average Bonchev–Trinajstić information content (AvgIpc) is 2.31. The lowest BCUT2D eigenvalue weighted by molar-refractivity contribution is -0.344. The monoisotopic (exact) mass is 250 g/mol. The van der Waals surface area contributed by atoms with Crippen molar-refractivity contribution in [2.75, 3.05) is 6.61 Å². The van der Waals surface area contributed by atoms with Gasteiger partial charge in [-0.15, -0.1) is 0 Å². The zero-order valence-electron chi connectivity index (χ0n) is 9.74. The number of aliphatic hydroxyl groups is 4. The van der Waals surface area contributed by atoms with E-state index in [1.807, 2.05) is 0 Å². The van der Waals surface area contributed by atoms with E-state index in [9.17, 15) is 20.1 Å². The topological polar surface area (TPSA) is 116 Å². The molecule has 1 aliphatic heterocycles. The molecule has 1 heterocycles. The molecule has 0 aromatic heterocycles. The van der Waals surface area contributed by atoms with Gasteiger partial charge in [0.25, 0.3) is 0 Å². The number of esters is 1. The molecule has 0 spiro atoms. The minimum atomic E-state index is -1.78. The van der Waals surface area contributed by atoms with Gasteiger partial charge >= 0.3 is 5.97 Å². The van der Waals surface area contributed by atoms with Crippen molar-refractivity contribution in [2.24, 2.45) is 0 Å². The van der Waals surface area contributed by atoms with Crippen LogP contribution in [-0.2, 0) is 14.3 Å². The van der Waals surface area contributed by atoms with Crippen LogP contribution in [0, 0.1) is 0 Å². The van der Waals surface area contributed by atoms with Gasteiger partial charge in [-0.2, -0.15) is 0 Å². The minimum Gasteiger partial charge on any atom is -0.430 e. The summed E-state index contributed by atoms with van der Waals surface area (Å²) < 4.78 is 10.0. The zero-order valence-corrected chi connectivity index (χ0v) is 9.74. The molecule has 0 saturated carbocycles. The fourth-order valence-electron chi connectivity index (χ4n) is 1.68. The molecule has 100 valence electrons. The van der Waals surface area contributed by atoms with Gasteiger partial charge in [-0.05, 0) is 0 Å². The van der Waals surface area contributed by atoms with E-state index in [2.05, 4.69) is 0 Å². The fraction of sp³-hybridized carbons (Fsp3) is 0.900. The Morgan fingerprint density at radius 2 is 1.94 bits per heavy atom. The normalized spacial score (nSPS) is 42.2. The fourth-order valence-corrected chi connectivity index (χ4v) is 1.68. The number of carbonyl (C=O) groups is 1. The molecule has 0 aromatic carbocycles. The van der Waals surface area contributed by atoms with E-state index in [0.717, 1.165) is 0 Å². The maximum Gasteiger partial charge on any atom is 0.308 e. The first-order chi connectivity index (χ1) is 7.85. The number of hydrogen-bond donors (Lipinski definition) is 4. The van der Waals surface area contributed by atoms with Crippen LogP contribution in [0.25, 0.3) is 0 Å². The van der Waals surface area contributed by atoms with Crippen molar-refractivity contribution in [3.05, 3.63) is 0 Å². The lowest BCUT2D eigenvalue weighted by atomic mass is 9.93. The van der Waals surface area contributed by atoms with E-state index < -0.39 is 42.8 Å². The molecule has 5 atom stereocenters. The van der Waals surface area contributed by atoms with Crippen LogP contribution in [0.5, 0.6) is 0 Å². The standard InChI is InChI=1S/C10H18O7/c1-3-6(12)17-10(2)9(15)8(14)7(13)5(4-11)16-10/h5,7-9,11,13-15H,3-4H2,1-2H3. The molecule has 1 aliphatic rings. The van der Waals surface area contributed by atoms with E-state index in [0.29, 0.717) is 0 Å². The highest BCUT2D eigenvalue weighted by Gasteiger charge is 2.53. The third-order valence-corrected chi connectivity index (χ3v) is 2.76. The van der Waals surface area contributed by atoms with Crippen LogP contribution >= 0.6 is 0 Å². The van der Waals surface area contributed by atoms with Gasteiger partial charge in [0.05, 0.1) is 6.61 Å². The summed E-state index contributed by atoms with van der Waals surface area (Å²) in [4.78, 5) is 11.2. The third kappa shape index (κ3) is 2.75.